The lowest BCUT2D eigenvalue weighted by molar-refractivity contribution is -0.142. The third-order valence-electron chi connectivity index (χ3n) is 5.79. The van der Waals surface area contributed by atoms with Crippen LogP contribution in [0.2, 0.25) is 0 Å². The fraction of sp³-hybridized carbons (Fsp3) is 0.269. The smallest absolute Gasteiger partial charge is 0.336 e. The summed E-state index contributed by atoms with van der Waals surface area (Å²) in [4.78, 5) is 39.5. The first-order valence-electron chi connectivity index (χ1n) is 11.3. The highest BCUT2D eigenvalue weighted by Crippen LogP contribution is 2.25. The van der Waals surface area contributed by atoms with Crippen LogP contribution in [0.15, 0.2) is 57.9 Å². The molecule has 0 unspecified atom stereocenters. The van der Waals surface area contributed by atoms with Crippen molar-refractivity contribution in [2.24, 2.45) is 0 Å². The number of aryl methyl sites for hydroxylation is 1. The lowest BCUT2D eigenvalue weighted by Gasteiger charge is -2.19. The second kappa shape index (κ2) is 9.92. The van der Waals surface area contributed by atoms with Crippen LogP contribution in [-0.4, -0.2) is 39.2 Å². The molecule has 4 N–H and O–H groups in total. The zero-order valence-corrected chi connectivity index (χ0v) is 19.3. The number of aliphatic carboxylic acids is 1. The van der Waals surface area contributed by atoms with E-state index >= 15 is 0 Å². The minimum absolute atomic E-state index is 0.0125. The van der Waals surface area contributed by atoms with Gasteiger partial charge >= 0.3 is 11.6 Å². The van der Waals surface area contributed by atoms with E-state index in [1.807, 2.05) is 6.92 Å². The van der Waals surface area contributed by atoms with Gasteiger partial charge in [-0.05, 0) is 54.8 Å². The molecular formula is C26H26N2O7. The number of aromatic hydroxyl groups is 1. The van der Waals surface area contributed by atoms with Gasteiger partial charge in [-0.1, -0.05) is 13.3 Å². The molecule has 0 aliphatic carbocycles. The molecule has 2 heterocycles. The van der Waals surface area contributed by atoms with E-state index in [9.17, 15) is 24.6 Å². The molecule has 9 nitrogen and oxygen atoms in total. The third-order valence-corrected chi connectivity index (χ3v) is 5.79. The zero-order valence-electron chi connectivity index (χ0n) is 19.3. The zero-order chi connectivity index (χ0) is 25.1. The second-order valence-electron chi connectivity index (χ2n) is 8.41. The molecule has 0 radical (unpaired) electrons. The van der Waals surface area contributed by atoms with Crippen LogP contribution in [0.25, 0.3) is 21.9 Å². The number of aromatic amines is 1. The predicted molar refractivity (Wildman–Crippen MR) is 130 cm³/mol. The molecule has 0 saturated carbocycles. The molecule has 35 heavy (non-hydrogen) atoms. The molecule has 0 fully saturated rings. The van der Waals surface area contributed by atoms with E-state index in [0.29, 0.717) is 22.3 Å². The number of amides is 1. The molecule has 2 atom stereocenters. The number of phenols is 1. The summed E-state index contributed by atoms with van der Waals surface area (Å²) in [6, 6.07) is 10.0. The van der Waals surface area contributed by atoms with Crippen LogP contribution in [0.1, 0.15) is 31.4 Å². The van der Waals surface area contributed by atoms with Crippen LogP contribution in [0.3, 0.4) is 0 Å². The Labute approximate surface area is 200 Å². The maximum absolute atomic E-state index is 12.7. The molecule has 2 aromatic heterocycles. The number of benzene rings is 2. The number of carbonyl (C=O) groups is 2. The summed E-state index contributed by atoms with van der Waals surface area (Å²) < 4.78 is 11.0. The number of carboxylic acids is 1. The van der Waals surface area contributed by atoms with Crippen LogP contribution in [-0.2, 0) is 22.4 Å². The van der Waals surface area contributed by atoms with Gasteiger partial charge in [0.1, 0.15) is 23.1 Å². The topological polar surface area (TPSA) is 142 Å². The number of rotatable bonds is 9. The fourth-order valence-electron chi connectivity index (χ4n) is 4.06. The van der Waals surface area contributed by atoms with E-state index < -0.39 is 29.6 Å². The lowest BCUT2D eigenvalue weighted by atomic mass is 10.0. The quantitative estimate of drug-likeness (QED) is 0.270. The molecule has 0 saturated heterocycles. The molecule has 9 heteroatoms. The Kier molecular flexibility index (Phi) is 6.77. The lowest BCUT2D eigenvalue weighted by Crippen LogP contribution is -2.47. The molecule has 0 bridgehead atoms. The van der Waals surface area contributed by atoms with E-state index in [0.717, 1.165) is 29.3 Å². The van der Waals surface area contributed by atoms with E-state index in [4.69, 9.17) is 9.15 Å². The Morgan fingerprint density at radius 1 is 1.11 bits per heavy atom. The first-order valence-corrected chi connectivity index (χ1v) is 11.3. The van der Waals surface area contributed by atoms with Crippen LogP contribution in [0.4, 0.5) is 0 Å². The van der Waals surface area contributed by atoms with Gasteiger partial charge in [-0.3, -0.25) is 4.79 Å². The maximum atomic E-state index is 12.7. The Morgan fingerprint density at radius 2 is 1.91 bits per heavy atom. The number of aromatic nitrogens is 1. The summed E-state index contributed by atoms with van der Waals surface area (Å²) in [5.41, 5.74) is 2.17. The van der Waals surface area contributed by atoms with Gasteiger partial charge in [0.05, 0.1) is 0 Å². The first kappa shape index (κ1) is 23.9. The average Bonchev–Trinajstić information content (AvgIpc) is 3.20. The van der Waals surface area contributed by atoms with Gasteiger partial charge in [0.25, 0.3) is 5.91 Å². The number of nitrogens with one attached hydrogen (secondary N) is 2. The van der Waals surface area contributed by atoms with Gasteiger partial charge in [-0.25, -0.2) is 9.59 Å². The molecule has 4 aromatic rings. The van der Waals surface area contributed by atoms with E-state index in [1.54, 1.807) is 30.5 Å². The molecular weight excluding hydrogens is 452 g/mol. The average molecular weight is 479 g/mol. The third kappa shape index (κ3) is 5.29. The first-order chi connectivity index (χ1) is 16.7. The van der Waals surface area contributed by atoms with Gasteiger partial charge < -0.3 is 29.7 Å². The van der Waals surface area contributed by atoms with Crippen molar-refractivity contribution in [3.63, 3.8) is 0 Å². The Balaban J connectivity index is 1.48. The number of H-pyrrole nitrogens is 1. The van der Waals surface area contributed by atoms with Crippen molar-refractivity contribution in [2.45, 2.75) is 45.3 Å². The van der Waals surface area contributed by atoms with Gasteiger partial charge in [0, 0.05) is 41.0 Å². The van der Waals surface area contributed by atoms with Crippen molar-refractivity contribution in [1.82, 2.24) is 10.3 Å². The Morgan fingerprint density at radius 3 is 2.66 bits per heavy atom. The minimum atomic E-state index is -1.21. The highest BCUT2D eigenvalue weighted by molar-refractivity contribution is 5.89. The summed E-state index contributed by atoms with van der Waals surface area (Å²) in [5.74, 6) is -1.43. The summed E-state index contributed by atoms with van der Waals surface area (Å²) in [6.45, 7) is 3.52. The van der Waals surface area contributed by atoms with Crippen molar-refractivity contribution >= 4 is 33.7 Å². The molecule has 0 aliphatic heterocycles. The molecule has 0 aliphatic rings. The molecule has 2 aromatic carbocycles. The molecule has 1 amide bonds. The van der Waals surface area contributed by atoms with Crippen molar-refractivity contribution < 1.29 is 29.0 Å². The van der Waals surface area contributed by atoms with Crippen LogP contribution >= 0.6 is 0 Å². The number of hydrogen-bond donors (Lipinski definition) is 4. The summed E-state index contributed by atoms with van der Waals surface area (Å²) in [5, 5.41) is 23.4. The predicted octanol–water partition coefficient (Wildman–Crippen LogP) is 3.51. The number of fused-ring (bicyclic) bond motifs is 2. The summed E-state index contributed by atoms with van der Waals surface area (Å²) >= 11 is 0. The number of phenolic OH excluding ortho intramolecular Hbond substituents is 1. The highest BCUT2D eigenvalue weighted by atomic mass is 16.5. The summed E-state index contributed by atoms with van der Waals surface area (Å²) in [7, 11) is 0. The molecule has 4 rings (SSSR count). The normalized spacial score (nSPS) is 13.0. The van der Waals surface area contributed by atoms with E-state index in [-0.39, 0.29) is 12.2 Å². The monoisotopic (exact) mass is 478 g/mol. The Hall–Kier alpha value is -4.27. The van der Waals surface area contributed by atoms with Crippen molar-refractivity contribution in [2.75, 3.05) is 0 Å². The van der Waals surface area contributed by atoms with Gasteiger partial charge in [0.15, 0.2) is 6.10 Å². The number of carboxylic acid groups (broad SMARTS) is 1. The van der Waals surface area contributed by atoms with Crippen molar-refractivity contribution in [3.8, 4) is 11.5 Å². The largest absolute Gasteiger partial charge is 0.508 e. The minimum Gasteiger partial charge on any atom is -0.508 e. The van der Waals surface area contributed by atoms with Crippen LogP contribution in [0, 0.1) is 0 Å². The molecule has 0 spiro atoms. The van der Waals surface area contributed by atoms with E-state index in [1.165, 1.54) is 25.1 Å². The van der Waals surface area contributed by atoms with E-state index in [2.05, 4.69) is 10.3 Å². The van der Waals surface area contributed by atoms with Crippen molar-refractivity contribution in [3.05, 3.63) is 70.2 Å². The SMILES string of the molecule is CCCc1cc(=O)oc2cc(O[C@@H](C)C(=O)N[C@@H](Cc3c[nH]c4ccc(O)cc34)C(=O)O)ccc12. The van der Waals surface area contributed by atoms with Crippen molar-refractivity contribution in [1.29, 1.82) is 0 Å². The molecule has 182 valence electrons. The van der Waals surface area contributed by atoms with Gasteiger partial charge in [-0.15, -0.1) is 0 Å². The van der Waals surface area contributed by atoms with Gasteiger partial charge in [0.2, 0.25) is 0 Å². The second-order valence-corrected chi connectivity index (χ2v) is 8.41. The summed E-state index contributed by atoms with van der Waals surface area (Å²) in [6.07, 6.45) is 2.26. The standard InChI is InChI=1S/C26H26N2O7/c1-3-4-15-10-24(30)35-23-12-18(6-7-19(15)23)34-14(2)25(31)28-22(26(32)33)9-16-13-27-21-8-5-17(29)11-20(16)21/h5-8,10-14,22,27,29H,3-4,9H2,1-2H3,(H,28,31)(H,32,33)/t14-,22-/m0/s1. The highest BCUT2D eigenvalue weighted by Gasteiger charge is 2.25. The number of hydrogen-bond acceptors (Lipinski definition) is 6. The fourth-order valence-corrected chi connectivity index (χ4v) is 4.06. The van der Waals surface area contributed by atoms with Crippen LogP contribution < -0.4 is 15.7 Å². The number of ether oxygens (including phenoxy) is 1. The number of carbonyl (C=O) groups excluding carboxylic acids is 1. The maximum Gasteiger partial charge on any atom is 0.336 e. The van der Waals surface area contributed by atoms with Crippen LogP contribution in [0.5, 0.6) is 11.5 Å². The van der Waals surface area contributed by atoms with Gasteiger partial charge in [-0.2, -0.15) is 0 Å². The Bertz CT molecular complexity index is 1450.